The SMILES string of the molecule is CN(C)S(=O)(=O)c1cccc(NC(=O)c2cnc(OCC(F)(F)F)c(Cl)c2)c1. The number of alkyl halides is 3. The van der Waals surface area contributed by atoms with Crippen LogP contribution < -0.4 is 10.1 Å². The zero-order valence-corrected chi connectivity index (χ0v) is 16.2. The molecule has 0 atom stereocenters. The van der Waals surface area contributed by atoms with Crippen LogP contribution in [0.3, 0.4) is 0 Å². The lowest BCUT2D eigenvalue weighted by molar-refractivity contribution is -0.154. The van der Waals surface area contributed by atoms with Gasteiger partial charge in [0.2, 0.25) is 15.9 Å². The highest BCUT2D eigenvalue weighted by molar-refractivity contribution is 7.89. The summed E-state index contributed by atoms with van der Waals surface area (Å²) in [6.07, 6.45) is -3.56. The van der Waals surface area contributed by atoms with Gasteiger partial charge in [-0.05, 0) is 24.3 Å². The van der Waals surface area contributed by atoms with E-state index in [0.717, 1.165) is 16.6 Å². The molecule has 1 aromatic heterocycles. The molecule has 0 saturated heterocycles. The van der Waals surface area contributed by atoms with Crippen LogP contribution in [0.2, 0.25) is 5.02 Å². The summed E-state index contributed by atoms with van der Waals surface area (Å²) in [6, 6.07) is 6.66. The predicted octanol–water partition coefficient (Wildman–Crippen LogP) is 3.18. The maximum absolute atomic E-state index is 12.3. The predicted molar refractivity (Wildman–Crippen MR) is 96.1 cm³/mol. The summed E-state index contributed by atoms with van der Waals surface area (Å²) in [5, 5.41) is 2.19. The van der Waals surface area contributed by atoms with Crippen molar-refractivity contribution in [1.29, 1.82) is 0 Å². The van der Waals surface area contributed by atoms with Crippen molar-refractivity contribution < 1.29 is 31.1 Å². The van der Waals surface area contributed by atoms with Gasteiger partial charge in [0.05, 0.1) is 10.5 Å². The minimum atomic E-state index is -4.56. The van der Waals surface area contributed by atoms with Crippen LogP contribution in [0.5, 0.6) is 5.88 Å². The van der Waals surface area contributed by atoms with Crippen LogP contribution in [0.1, 0.15) is 10.4 Å². The summed E-state index contributed by atoms with van der Waals surface area (Å²) in [7, 11) is -0.947. The molecule has 1 heterocycles. The van der Waals surface area contributed by atoms with Crippen molar-refractivity contribution in [3.05, 3.63) is 47.1 Å². The fraction of sp³-hybridized carbons (Fsp3) is 0.250. The number of carbonyl (C=O) groups excluding carboxylic acids is 1. The zero-order chi connectivity index (χ0) is 21.1. The Morgan fingerprint density at radius 2 is 1.96 bits per heavy atom. The number of nitrogens with one attached hydrogen (secondary N) is 1. The van der Waals surface area contributed by atoms with E-state index in [4.69, 9.17) is 11.6 Å². The van der Waals surface area contributed by atoms with E-state index in [1.54, 1.807) is 0 Å². The lowest BCUT2D eigenvalue weighted by atomic mass is 10.2. The van der Waals surface area contributed by atoms with E-state index < -0.39 is 34.6 Å². The van der Waals surface area contributed by atoms with Gasteiger partial charge in [0.15, 0.2) is 6.61 Å². The Labute approximate surface area is 164 Å². The molecule has 1 amide bonds. The van der Waals surface area contributed by atoms with E-state index in [-0.39, 0.29) is 21.2 Å². The molecule has 0 unspecified atom stereocenters. The van der Waals surface area contributed by atoms with Crippen molar-refractivity contribution in [2.45, 2.75) is 11.1 Å². The first kappa shape index (κ1) is 21.9. The lowest BCUT2D eigenvalue weighted by Crippen LogP contribution is -2.22. The Balaban J connectivity index is 2.16. The van der Waals surface area contributed by atoms with Gasteiger partial charge in [0, 0.05) is 26.0 Å². The third-order valence-electron chi connectivity index (χ3n) is 3.31. The van der Waals surface area contributed by atoms with Gasteiger partial charge in [-0.2, -0.15) is 13.2 Å². The fourth-order valence-corrected chi connectivity index (χ4v) is 3.12. The number of anilines is 1. The number of hydrogen-bond acceptors (Lipinski definition) is 5. The normalized spacial score (nSPS) is 12.1. The molecular formula is C16H15ClF3N3O4S. The molecule has 1 aromatic carbocycles. The number of aromatic nitrogens is 1. The molecule has 28 heavy (non-hydrogen) atoms. The van der Waals surface area contributed by atoms with Gasteiger partial charge >= 0.3 is 6.18 Å². The molecule has 2 aromatic rings. The minimum absolute atomic E-state index is 0.0256. The molecule has 0 radical (unpaired) electrons. The molecule has 0 aliphatic carbocycles. The number of sulfonamides is 1. The fourth-order valence-electron chi connectivity index (χ4n) is 1.95. The number of nitrogens with zero attached hydrogens (tertiary/aromatic N) is 2. The molecule has 0 fully saturated rings. The largest absolute Gasteiger partial charge is 0.467 e. The Morgan fingerprint density at radius 1 is 1.29 bits per heavy atom. The topological polar surface area (TPSA) is 88.6 Å². The van der Waals surface area contributed by atoms with E-state index in [9.17, 15) is 26.4 Å². The monoisotopic (exact) mass is 437 g/mol. The molecule has 7 nitrogen and oxygen atoms in total. The number of pyridine rings is 1. The summed E-state index contributed by atoms with van der Waals surface area (Å²) in [5.41, 5.74) is 0.145. The van der Waals surface area contributed by atoms with Gasteiger partial charge in [-0.25, -0.2) is 17.7 Å². The molecule has 152 valence electrons. The number of ether oxygens (including phenoxy) is 1. The van der Waals surface area contributed by atoms with Crippen LogP contribution in [0.25, 0.3) is 0 Å². The average Bonchev–Trinajstić information content (AvgIpc) is 2.59. The highest BCUT2D eigenvalue weighted by Crippen LogP contribution is 2.25. The van der Waals surface area contributed by atoms with Crippen LogP contribution in [-0.2, 0) is 10.0 Å². The van der Waals surface area contributed by atoms with Gasteiger partial charge < -0.3 is 10.1 Å². The zero-order valence-electron chi connectivity index (χ0n) is 14.6. The standard InChI is InChI=1S/C16H15ClF3N3O4S/c1-23(2)28(25,26)12-5-3-4-11(7-12)22-14(24)10-6-13(17)15(21-8-10)27-9-16(18,19)20/h3-8H,9H2,1-2H3,(H,22,24). The number of hydrogen-bond donors (Lipinski definition) is 1. The summed E-state index contributed by atoms with van der Waals surface area (Å²) >= 11 is 5.81. The number of rotatable bonds is 6. The third-order valence-corrected chi connectivity index (χ3v) is 5.39. The van der Waals surface area contributed by atoms with E-state index in [0.29, 0.717) is 0 Å². The molecule has 2 rings (SSSR count). The van der Waals surface area contributed by atoms with Crippen molar-refractivity contribution in [2.75, 3.05) is 26.0 Å². The van der Waals surface area contributed by atoms with Gasteiger partial charge in [0.25, 0.3) is 5.91 Å². The van der Waals surface area contributed by atoms with Gasteiger partial charge in [-0.3, -0.25) is 4.79 Å². The quantitative estimate of drug-likeness (QED) is 0.749. The Bertz CT molecular complexity index is 981. The maximum Gasteiger partial charge on any atom is 0.422 e. The van der Waals surface area contributed by atoms with Crippen LogP contribution >= 0.6 is 11.6 Å². The van der Waals surface area contributed by atoms with Gasteiger partial charge in [-0.15, -0.1) is 0 Å². The molecule has 0 aliphatic rings. The minimum Gasteiger partial charge on any atom is -0.467 e. The van der Waals surface area contributed by atoms with E-state index in [1.165, 1.54) is 38.4 Å². The van der Waals surface area contributed by atoms with E-state index >= 15 is 0 Å². The van der Waals surface area contributed by atoms with Crippen LogP contribution in [0, 0.1) is 0 Å². The first-order chi connectivity index (χ1) is 12.9. The molecule has 0 aliphatic heterocycles. The lowest BCUT2D eigenvalue weighted by Gasteiger charge is -2.13. The molecule has 0 spiro atoms. The summed E-state index contributed by atoms with van der Waals surface area (Å²) in [5.74, 6) is -1.15. The maximum atomic E-state index is 12.3. The number of carbonyl (C=O) groups is 1. The Hall–Kier alpha value is -2.37. The van der Waals surface area contributed by atoms with Gasteiger partial charge in [-0.1, -0.05) is 17.7 Å². The van der Waals surface area contributed by atoms with Gasteiger partial charge in [0.1, 0.15) is 5.02 Å². The highest BCUT2D eigenvalue weighted by Gasteiger charge is 2.29. The second-order valence-corrected chi connectivity index (χ2v) is 8.24. The second-order valence-electron chi connectivity index (χ2n) is 5.68. The molecule has 12 heteroatoms. The number of benzene rings is 1. The number of amides is 1. The van der Waals surface area contributed by atoms with Crippen LogP contribution in [0.4, 0.5) is 18.9 Å². The highest BCUT2D eigenvalue weighted by atomic mass is 35.5. The smallest absolute Gasteiger partial charge is 0.422 e. The van der Waals surface area contributed by atoms with Crippen molar-refractivity contribution in [3.63, 3.8) is 0 Å². The van der Waals surface area contributed by atoms with Crippen LogP contribution in [-0.4, -0.2) is 50.5 Å². The third kappa shape index (κ3) is 5.57. The number of halogens is 4. The molecular weight excluding hydrogens is 423 g/mol. The first-order valence-electron chi connectivity index (χ1n) is 7.59. The van der Waals surface area contributed by atoms with Crippen molar-refractivity contribution in [2.24, 2.45) is 0 Å². The van der Waals surface area contributed by atoms with Crippen molar-refractivity contribution in [3.8, 4) is 5.88 Å². The summed E-state index contributed by atoms with van der Waals surface area (Å²) < 4.78 is 66.3. The second kappa shape index (κ2) is 8.33. The molecule has 0 bridgehead atoms. The summed E-state index contributed by atoms with van der Waals surface area (Å²) in [6.45, 7) is -1.57. The van der Waals surface area contributed by atoms with Crippen molar-refractivity contribution in [1.82, 2.24) is 9.29 Å². The Morgan fingerprint density at radius 3 is 2.54 bits per heavy atom. The molecule has 1 N–H and O–H groups in total. The average molecular weight is 438 g/mol. The Kier molecular flexibility index (Phi) is 6.52. The summed E-state index contributed by atoms with van der Waals surface area (Å²) in [4.78, 5) is 15.9. The van der Waals surface area contributed by atoms with E-state index in [2.05, 4.69) is 15.0 Å². The van der Waals surface area contributed by atoms with Crippen molar-refractivity contribution >= 4 is 33.2 Å². The first-order valence-corrected chi connectivity index (χ1v) is 9.41. The molecule has 0 saturated carbocycles. The van der Waals surface area contributed by atoms with Crippen LogP contribution in [0.15, 0.2) is 41.4 Å². The van der Waals surface area contributed by atoms with E-state index in [1.807, 2.05) is 0 Å².